The van der Waals surface area contributed by atoms with E-state index in [1.807, 2.05) is 6.92 Å². The number of aryl methyl sites for hydroxylation is 1. The van der Waals surface area contributed by atoms with E-state index in [1.165, 1.54) is 0 Å². The van der Waals surface area contributed by atoms with E-state index in [2.05, 4.69) is 85.9 Å². The predicted octanol–water partition coefficient (Wildman–Crippen LogP) is 3.52. The maximum absolute atomic E-state index is 6.41. The predicted molar refractivity (Wildman–Crippen MR) is 126 cm³/mol. The minimum absolute atomic E-state index is 0.268. The third-order valence-corrected chi connectivity index (χ3v) is 7.57. The second-order valence-electron chi connectivity index (χ2n) is 11.3. The van der Waals surface area contributed by atoms with Crippen LogP contribution in [0.25, 0.3) is 11.0 Å². The highest BCUT2D eigenvalue weighted by molar-refractivity contribution is 6.68. The molecule has 2 saturated heterocycles. The van der Waals surface area contributed by atoms with Crippen LogP contribution in [-0.4, -0.2) is 46.2 Å². The van der Waals surface area contributed by atoms with Crippen LogP contribution in [0.5, 0.6) is 0 Å². The van der Waals surface area contributed by atoms with Crippen LogP contribution in [0.15, 0.2) is 12.1 Å². The number of aromatic nitrogens is 2. The molecule has 3 heterocycles. The van der Waals surface area contributed by atoms with Gasteiger partial charge in [0.1, 0.15) is 5.82 Å². The SMILES string of the molecule is Cc1nc2c(B3OC(C)(C)C(C)(C)O3)cc(B3OC(C)(C)C(C)(C)O3)cc2n1C(C)C. The standard InChI is InChI=1S/C23H36B2N2O4/c1-14(2)27-15(3)26-19-17(25-30-22(8,9)23(10,11)31-25)12-16(13-18(19)27)24-28-20(4,5)21(6,7)29-24/h12-14H,1-11H3. The summed E-state index contributed by atoms with van der Waals surface area (Å²) < 4.78 is 27.8. The van der Waals surface area contributed by atoms with Crippen molar-refractivity contribution in [3.8, 4) is 0 Å². The van der Waals surface area contributed by atoms with Crippen LogP contribution in [0, 0.1) is 6.92 Å². The van der Waals surface area contributed by atoms with Gasteiger partial charge in [-0.15, -0.1) is 0 Å². The quantitative estimate of drug-likeness (QED) is 0.704. The van der Waals surface area contributed by atoms with Crippen molar-refractivity contribution in [3.05, 3.63) is 18.0 Å². The molecular weight excluding hydrogens is 390 g/mol. The third-order valence-electron chi connectivity index (χ3n) is 7.57. The van der Waals surface area contributed by atoms with E-state index in [9.17, 15) is 0 Å². The molecule has 2 aliphatic heterocycles. The molecule has 8 heteroatoms. The number of hydrogen-bond acceptors (Lipinski definition) is 5. The van der Waals surface area contributed by atoms with E-state index in [0.29, 0.717) is 0 Å². The molecule has 0 unspecified atom stereocenters. The molecule has 0 N–H and O–H groups in total. The molecule has 4 rings (SSSR count). The van der Waals surface area contributed by atoms with E-state index in [1.54, 1.807) is 0 Å². The number of fused-ring (bicyclic) bond motifs is 1. The number of rotatable bonds is 3. The molecule has 0 amide bonds. The highest BCUT2D eigenvalue weighted by Crippen LogP contribution is 2.38. The average Bonchev–Trinajstić information content (AvgIpc) is 3.12. The average molecular weight is 426 g/mol. The largest absolute Gasteiger partial charge is 0.497 e. The molecule has 1 aromatic heterocycles. The summed E-state index contributed by atoms with van der Waals surface area (Å²) in [5.41, 5.74) is 2.15. The van der Waals surface area contributed by atoms with Crippen molar-refractivity contribution in [2.45, 2.75) is 105 Å². The van der Waals surface area contributed by atoms with Crippen LogP contribution < -0.4 is 10.9 Å². The van der Waals surface area contributed by atoms with Crippen LogP contribution in [-0.2, 0) is 18.6 Å². The van der Waals surface area contributed by atoms with Crippen molar-refractivity contribution in [2.75, 3.05) is 0 Å². The van der Waals surface area contributed by atoms with Gasteiger partial charge in [0.05, 0.1) is 33.4 Å². The summed E-state index contributed by atoms with van der Waals surface area (Å²) in [5, 5.41) is 0. The van der Waals surface area contributed by atoms with E-state index >= 15 is 0 Å². The fourth-order valence-electron chi connectivity index (χ4n) is 4.28. The Hall–Kier alpha value is -1.34. The summed E-state index contributed by atoms with van der Waals surface area (Å²) in [5.74, 6) is 0.967. The van der Waals surface area contributed by atoms with Crippen molar-refractivity contribution >= 4 is 36.2 Å². The lowest BCUT2D eigenvalue weighted by Gasteiger charge is -2.32. The van der Waals surface area contributed by atoms with Gasteiger partial charge in [0, 0.05) is 11.5 Å². The zero-order chi connectivity index (χ0) is 23.1. The molecule has 0 radical (unpaired) electrons. The van der Waals surface area contributed by atoms with Gasteiger partial charge in [-0.3, -0.25) is 0 Å². The minimum Gasteiger partial charge on any atom is -0.399 e. The maximum atomic E-state index is 6.41. The molecular formula is C23H36B2N2O4. The topological polar surface area (TPSA) is 54.7 Å². The molecule has 2 aliphatic rings. The molecule has 6 nitrogen and oxygen atoms in total. The zero-order valence-corrected chi connectivity index (χ0v) is 20.9. The van der Waals surface area contributed by atoms with Crippen molar-refractivity contribution < 1.29 is 18.6 Å². The molecule has 0 bridgehead atoms. The van der Waals surface area contributed by atoms with Crippen molar-refractivity contribution in [1.82, 2.24) is 9.55 Å². The van der Waals surface area contributed by atoms with Gasteiger partial charge >= 0.3 is 14.2 Å². The molecule has 0 saturated carbocycles. The van der Waals surface area contributed by atoms with E-state index in [4.69, 9.17) is 23.6 Å². The summed E-state index contributed by atoms with van der Waals surface area (Å²) in [6.07, 6.45) is 0. The third kappa shape index (κ3) is 3.47. The summed E-state index contributed by atoms with van der Waals surface area (Å²) >= 11 is 0. The van der Waals surface area contributed by atoms with Crippen LogP contribution >= 0.6 is 0 Å². The minimum atomic E-state index is -0.509. The van der Waals surface area contributed by atoms with Crippen molar-refractivity contribution in [2.24, 2.45) is 0 Å². The number of imidazole rings is 1. The highest BCUT2D eigenvalue weighted by atomic mass is 16.7. The summed E-state index contributed by atoms with van der Waals surface area (Å²) in [6, 6.07) is 4.50. The zero-order valence-electron chi connectivity index (χ0n) is 20.9. The number of nitrogens with zero attached hydrogens (tertiary/aromatic N) is 2. The maximum Gasteiger partial charge on any atom is 0.497 e. The fraction of sp³-hybridized carbons (Fsp3) is 0.696. The Morgan fingerprint density at radius 2 is 1.23 bits per heavy atom. The Balaban J connectivity index is 1.89. The molecule has 2 fully saturated rings. The molecule has 0 spiro atoms. The van der Waals surface area contributed by atoms with Crippen LogP contribution in [0.4, 0.5) is 0 Å². The molecule has 1 aromatic carbocycles. The van der Waals surface area contributed by atoms with E-state index < -0.39 is 36.6 Å². The van der Waals surface area contributed by atoms with Crippen molar-refractivity contribution in [3.63, 3.8) is 0 Å². The van der Waals surface area contributed by atoms with Gasteiger partial charge < -0.3 is 23.2 Å². The Morgan fingerprint density at radius 1 is 0.774 bits per heavy atom. The van der Waals surface area contributed by atoms with Gasteiger partial charge in [0.15, 0.2) is 0 Å². The lowest BCUT2D eigenvalue weighted by Crippen LogP contribution is -2.41. The second-order valence-corrected chi connectivity index (χ2v) is 11.3. The van der Waals surface area contributed by atoms with Gasteiger partial charge in [-0.25, -0.2) is 4.98 Å². The van der Waals surface area contributed by atoms with E-state index in [0.717, 1.165) is 27.8 Å². The second kappa shape index (κ2) is 6.83. The monoisotopic (exact) mass is 426 g/mol. The molecule has 31 heavy (non-hydrogen) atoms. The van der Waals surface area contributed by atoms with Gasteiger partial charge in [-0.05, 0) is 87.7 Å². The van der Waals surface area contributed by atoms with Crippen LogP contribution in [0.2, 0.25) is 0 Å². The fourth-order valence-corrected chi connectivity index (χ4v) is 4.28. The number of hydrogen-bond donors (Lipinski definition) is 0. The molecule has 0 atom stereocenters. The van der Waals surface area contributed by atoms with Crippen LogP contribution in [0.3, 0.4) is 0 Å². The summed E-state index contributed by atoms with van der Waals surface area (Å²) in [6.45, 7) is 23.0. The first-order valence-corrected chi connectivity index (χ1v) is 11.3. The highest BCUT2D eigenvalue weighted by Gasteiger charge is 2.54. The summed E-state index contributed by atoms with van der Waals surface area (Å²) in [7, 11) is -0.976. The smallest absolute Gasteiger partial charge is 0.399 e. The van der Waals surface area contributed by atoms with Gasteiger partial charge in [0.25, 0.3) is 0 Å². The lowest BCUT2D eigenvalue weighted by atomic mass is 9.71. The molecule has 2 aromatic rings. The lowest BCUT2D eigenvalue weighted by molar-refractivity contribution is 0.00578. The van der Waals surface area contributed by atoms with E-state index in [-0.39, 0.29) is 6.04 Å². The van der Waals surface area contributed by atoms with Gasteiger partial charge in [-0.1, -0.05) is 6.07 Å². The first kappa shape index (κ1) is 22.8. The van der Waals surface area contributed by atoms with Crippen LogP contribution in [0.1, 0.15) is 81.1 Å². The van der Waals surface area contributed by atoms with Crippen molar-refractivity contribution in [1.29, 1.82) is 0 Å². The molecule has 0 aliphatic carbocycles. The Bertz CT molecular complexity index is 994. The Kier molecular flexibility index (Phi) is 5.03. The number of benzene rings is 1. The Labute approximate surface area is 187 Å². The van der Waals surface area contributed by atoms with Gasteiger partial charge in [0.2, 0.25) is 0 Å². The first-order chi connectivity index (χ1) is 14.1. The molecule has 168 valence electrons. The first-order valence-electron chi connectivity index (χ1n) is 11.3. The normalized spacial score (nSPS) is 24.0. The Morgan fingerprint density at radius 3 is 1.68 bits per heavy atom. The van der Waals surface area contributed by atoms with Gasteiger partial charge in [-0.2, -0.15) is 0 Å². The summed E-state index contributed by atoms with van der Waals surface area (Å²) in [4.78, 5) is 4.92.